The highest BCUT2D eigenvalue weighted by Crippen LogP contribution is 2.60. The molecule has 4 aromatic carbocycles. The Morgan fingerprint density at radius 2 is 1.84 bits per heavy atom. The molecular weight excluding hydrogens is 731 g/mol. The molecule has 0 saturated carbocycles. The van der Waals surface area contributed by atoms with Gasteiger partial charge in [-0.05, 0) is 72.1 Å². The van der Waals surface area contributed by atoms with E-state index in [2.05, 4.69) is 40.9 Å². The fraction of sp³-hybridized carbons (Fsp3) is 0.317. The molecule has 1 spiro atoms. The number of benzene rings is 4. The van der Waals surface area contributed by atoms with Gasteiger partial charge in [0.25, 0.3) is 17.5 Å². The Labute approximate surface area is 325 Å². The molecule has 14 nitrogen and oxygen atoms in total. The van der Waals surface area contributed by atoms with E-state index in [1.165, 1.54) is 12.1 Å². The second kappa shape index (κ2) is 15.3. The minimum atomic E-state index is -2.49. The fourth-order valence-electron chi connectivity index (χ4n) is 8.55. The standard InChI is InChI=1S/C41H45N7O7Si/c1-26-38(56(3,4)34-15-13-33(54-2)14-16-34)37(18-20-46-25-31(19-21-49)44-45-46)55-41(26)35-23-32(48(52)53)12-17-36(35)47(40(41)51)24-27-6-5-7-30(22-27)43-39(50)28-8-10-29(42)11-9-28/h5-17,22-23,25-26,37-38,49H,18-21,24,42H2,1-4H3,(H,43,50)/t26-,37+,38-,41+/m1/s1. The van der Waals surface area contributed by atoms with Crippen LogP contribution in [-0.4, -0.2) is 64.7 Å². The number of hydrogen-bond donors (Lipinski definition) is 3. The Morgan fingerprint density at radius 1 is 1.09 bits per heavy atom. The van der Waals surface area contributed by atoms with Crippen molar-refractivity contribution < 1.29 is 29.1 Å². The Bertz CT molecular complexity index is 2260. The number of non-ortho nitro benzene ring substituents is 1. The molecule has 4 atom stereocenters. The molecule has 0 bridgehead atoms. The van der Waals surface area contributed by atoms with Gasteiger partial charge in [-0.1, -0.05) is 54.7 Å². The number of aliphatic hydroxyl groups excluding tert-OH is 1. The number of nitro benzene ring substituents is 1. The number of anilines is 3. The number of nitro groups is 1. The van der Waals surface area contributed by atoms with Crippen LogP contribution in [0.1, 0.15) is 40.5 Å². The van der Waals surface area contributed by atoms with Crippen LogP contribution in [-0.2, 0) is 34.6 Å². The van der Waals surface area contributed by atoms with Gasteiger partial charge in [-0.3, -0.25) is 24.4 Å². The summed E-state index contributed by atoms with van der Waals surface area (Å²) in [7, 11) is -0.868. The molecule has 4 N–H and O–H groups in total. The molecule has 1 aromatic heterocycles. The smallest absolute Gasteiger partial charge is 0.269 e. The van der Waals surface area contributed by atoms with Crippen molar-refractivity contribution in [3.8, 4) is 5.75 Å². The maximum absolute atomic E-state index is 15.2. The lowest BCUT2D eigenvalue weighted by atomic mass is 9.82. The van der Waals surface area contributed by atoms with Gasteiger partial charge in [-0.2, -0.15) is 0 Å². The number of nitrogens with two attached hydrogens (primary N) is 1. The SMILES string of the molecule is COc1ccc([Si](C)(C)[C@H]2[C@H](CCn3cc(CCO)nn3)O[C@@]3(C(=O)N(Cc4cccc(NC(=O)c5ccc(N)cc5)c4)c4ccc([N+](=O)[O-])cc43)[C@@H]2C)cc1. The number of aromatic nitrogens is 3. The lowest BCUT2D eigenvalue weighted by Gasteiger charge is -2.37. The Morgan fingerprint density at radius 3 is 2.54 bits per heavy atom. The van der Waals surface area contributed by atoms with E-state index in [0.717, 1.165) is 16.5 Å². The van der Waals surface area contributed by atoms with Crippen LogP contribution in [0, 0.1) is 16.0 Å². The summed E-state index contributed by atoms with van der Waals surface area (Å²) in [5, 5.41) is 34.2. The fourth-order valence-corrected chi connectivity index (χ4v) is 12.6. The summed E-state index contributed by atoms with van der Waals surface area (Å²) in [6.45, 7) is 7.13. The molecule has 7 rings (SSSR count). The van der Waals surface area contributed by atoms with E-state index >= 15 is 4.79 Å². The van der Waals surface area contributed by atoms with Gasteiger partial charge in [-0.15, -0.1) is 5.10 Å². The van der Waals surface area contributed by atoms with Crippen LogP contribution in [0.25, 0.3) is 0 Å². The summed E-state index contributed by atoms with van der Waals surface area (Å²) >= 11 is 0. The normalized spacial score (nSPS) is 20.3. The number of carbonyl (C=O) groups is 2. The number of hydrogen-bond acceptors (Lipinski definition) is 10. The molecule has 0 aliphatic carbocycles. The maximum Gasteiger partial charge on any atom is 0.269 e. The number of nitrogens with one attached hydrogen (secondary N) is 1. The second-order valence-electron chi connectivity index (χ2n) is 15.0. The number of carbonyl (C=O) groups excluding carboxylic acids is 2. The molecule has 2 amide bonds. The molecule has 3 heterocycles. The Kier molecular flexibility index (Phi) is 10.5. The van der Waals surface area contributed by atoms with E-state index in [-0.39, 0.29) is 42.1 Å². The number of methoxy groups -OCH3 is 1. The first-order valence-electron chi connectivity index (χ1n) is 18.5. The molecule has 1 fully saturated rings. The van der Waals surface area contributed by atoms with Crippen molar-refractivity contribution in [2.24, 2.45) is 5.92 Å². The average Bonchev–Trinajstić information content (AvgIpc) is 3.84. The van der Waals surface area contributed by atoms with Crippen molar-refractivity contribution in [1.82, 2.24) is 15.0 Å². The largest absolute Gasteiger partial charge is 0.497 e. The monoisotopic (exact) mass is 775 g/mol. The van der Waals surface area contributed by atoms with Crippen LogP contribution < -0.4 is 25.9 Å². The second-order valence-corrected chi connectivity index (χ2v) is 19.7. The number of amides is 2. The zero-order valence-electron chi connectivity index (χ0n) is 31.7. The molecular formula is C41H45N7O7Si. The van der Waals surface area contributed by atoms with E-state index < -0.39 is 24.7 Å². The number of rotatable bonds is 13. The van der Waals surface area contributed by atoms with Gasteiger partial charge in [0.1, 0.15) is 5.75 Å². The topological polar surface area (TPSA) is 188 Å². The van der Waals surface area contributed by atoms with Crippen LogP contribution in [0.4, 0.5) is 22.7 Å². The first kappa shape index (κ1) is 38.4. The summed E-state index contributed by atoms with van der Waals surface area (Å²) < 4.78 is 14.3. The summed E-state index contributed by atoms with van der Waals surface area (Å²) in [4.78, 5) is 41.7. The number of ether oxygens (including phenoxy) is 2. The predicted molar refractivity (Wildman–Crippen MR) is 215 cm³/mol. The molecule has 1 saturated heterocycles. The lowest BCUT2D eigenvalue weighted by molar-refractivity contribution is -0.385. The molecule has 15 heteroatoms. The van der Waals surface area contributed by atoms with Crippen LogP contribution in [0.2, 0.25) is 18.6 Å². The first-order chi connectivity index (χ1) is 26.8. The summed E-state index contributed by atoms with van der Waals surface area (Å²) in [6.07, 6.45) is 2.26. The number of nitrogen functional groups attached to an aromatic ring is 1. The highest BCUT2D eigenvalue weighted by atomic mass is 28.3. The van der Waals surface area contributed by atoms with E-state index in [4.69, 9.17) is 15.2 Å². The van der Waals surface area contributed by atoms with Crippen molar-refractivity contribution in [2.75, 3.05) is 29.7 Å². The zero-order chi connectivity index (χ0) is 39.8. The number of aliphatic hydroxyl groups is 1. The number of aryl methyl sites for hydroxylation is 1. The average molecular weight is 776 g/mol. The van der Waals surface area contributed by atoms with E-state index in [1.54, 1.807) is 65.4 Å². The Balaban J connectivity index is 1.26. The third kappa shape index (κ3) is 7.04. The van der Waals surface area contributed by atoms with Gasteiger partial charge in [-0.25, -0.2) is 0 Å². The van der Waals surface area contributed by atoms with E-state index in [9.17, 15) is 20.0 Å². The third-order valence-electron chi connectivity index (χ3n) is 11.3. The van der Waals surface area contributed by atoms with Gasteiger partial charge in [0, 0.05) is 66.3 Å². The van der Waals surface area contributed by atoms with Crippen LogP contribution in [0.15, 0.2) is 97.2 Å². The minimum absolute atomic E-state index is 0.0408. The highest BCUT2D eigenvalue weighted by molar-refractivity contribution is 6.91. The third-order valence-corrected chi connectivity index (χ3v) is 15.7. The summed E-state index contributed by atoms with van der Waals surface area (Å²) in [5.41, 5.74) is 8.00. The van der Waals surface area contributed by atoms with Crippen molar-refractivity contribution in [3.05, 3.63) is 130 Å². The van der Waals surface area contributed by atoms with Gasteiger partial charge >= 0.3 is 0 Å². The van der Waals surface area contributed by atoms with Gasteiger partial charge in [0.2, 0.25) is 0 Å². The van der Waals surface area contributed by atoms with Crippen molar-refractivity contribution in [2.45, 2.75) is 63.2 Å². The van der Waals surface area contributed by atoms with Gasteiger partial charge in [0.05, 0.1) is 44.1 Å². The molecule has 5 aromatic rings. The van der Waals surface area contributed by atoms with Crippen molar-refractivity contribution in [1.29, 1.82) is 0 Å². The van der Waals surface area contributed by atoms with Crippen molar-refractivity contribution in [3.63, 3.8) is 0 Å². The van der Waals surface area contributed by atoms with E-state index in [1.807, 2.05) is 31.2 Å². The van der Waals surface area contributed by atoms with E-state index in [0.29, 0.717) is 53.3 Å². The Hall–Kier alpha value is -5.90. The van der Waals surface area contributed by atoms with Gasteiger partial charge < -0.3 is 30.5 Å². The molecule has 2 aliphatic rings. The summed E-state index contributed by atoms with van der Waals surface area (Å²) in [5.74, 6) is -0.250. The van der Waals surface area contributed by atoms with Gasteiger partial charge in [0.15, 0.2) is 5.60 Å². The molecule has 56 heavy (non-hydrogen) atoms. The van der Waals surface area contributed by atoms with Crippen LogP contribution in [0.5, 0.6) is 5.75 Å². The quantitative estimate of drug-likeness (QED) is 0.0604. The molecule has 290 valence electrons. The predicted octanol–water partition coefficient (Wildman–Crippen LogP) is 5.42. The number of nitrogens with zero attached hydrogens (tertiary/aromatic N) is 5. The molecule has 2 aliphatic heterocycles. The molecule has 0 unspecified atom stereocenters. The van der Waals surface area contributed by atoms with Crippen molar-refractivity contribution >= 4 is 47.8 Å². The zero-order valence-corrected chi connectivity index (χ0v) is 32.7. The van der Waals surface area contributed by atoms with Crippen LogP contribution in [0.3, 0.4) is 0 Å². The lowest BCUT2D eigenvalue weighted by Crippen LogP contribution is -2.51. The minimum Gasteiger partial charge on any atom is -0.497 e. The molecule has 0 radical (unpaired) electrons. The summed E-state index contributed by atoms with van der Waals surface area (Å²) in [6, 6.07) is 26.5. The first-order valence-corrected chi connectivity index (χ1v) is 21.6. The maximum atomic E-state index is 15.2. The van der Waals surface area contributed by atoms with Crippen LogP contribution >= 0.6 is 0 Å². The number of fused-ring (bicyclic) bond motifs is 2. The highest BCUT2D eigenvalue weighted by Gasteiger charge is 2.66.